The third kappa shape index (κ3) is 9.79. The lowest BCUT2D eigenvalue weighted by Crippen LogP contribution is -2.18. The van der Waals surface area contributed by atoms with Crippen molar-refractivity contribution >= 4 is 66.4 Å². The predicted octanol–water partition coefficient (Wildman–Crippen LogP) is 23.7. The maximum Gasteiger partial charge on any atom is 0.147 e. The second-order valence-electron chi connectivity index (χ2n) is 26.8. The molecular weight excluding hydrogens is 1030 g/mol. The van der Waals surface area contributed by atoms with E-state index in [0.717, 1.165) is 111 Å². The Morgan fingerprint density at radius 1 is 0.262 bits per heavy atom. The molecule has 0 unspecified atom stereocenters. The largest absolute Gasteiger partial charge is 0.307 e. The van der Waals surface area contributed by atoms with Gasteiger partial charge in [-0.05, 0) is 147 Å². The fraction of sp³-hybridized carbons (Fsp3) is 0.200. The lowest BCUT2D eigenvalue weighted by atomic mass is 9.77. The molecule has 12 aromatic carbocycles. The van der Waals surface area contributed by atoms with Crippen molar-refractivity contribution in [3.63, 3.8) is 0 Å². The summed E-state index contributed by atoms with van der Waals surface area (Å²) >= 11 is 0. The number of benzene rings is 12. The molecule has 0 saturated heterocycles. The molecule has 0 aliphatic rings. The van der Waals surface area contributed by atoms with Crippen molar-refractivity contribution in [1.29, 1.82) is 0 Å². The van der Waals surface area contributed by atoms with Crippen molar-refractivity contribution in [1.82, 2.24) is 0 Å². The van der Waals surface area contributed by atoms with Crippen molar-refractivity contribution in [3.05, 3.63) is 264 Å². The molecule has 12 aromatic rings. The first-order valence-electron chi connectivity index (χ1n) is 29.6. The smallest absolute Gasteiger partial charge is 0.147 e. The van der Waals surface area contributed by atoms with Crippen LogP contribution in [0.25, 0.3) is 76.8 Å². The Morgan fingerprint density at radius 2 is 0.548 bits per heavy atom. The van der Waals surface area contributed by atoms with Gasteiger partial charge in [-0.2, -0.15) is 0 Å². The maximum absolute atomic E-state index is 18.3. The first-order valence-corrected chi connectivity index (χ1v) is 29.6. The van der Waals surface area contributed by atoms with Crippen LogP contribution in [0, 0.1) is 11.6 Å². The highest BCUT2D eigenvalue weighted by molar-refractivity contribution is 6.28. The van der Waals surface area contributed by atoms with E-state index >= 15 is 8.78 Å². The average Bonchev–Trinajstić information content (AvgIpc) is 1.04. The average molecular weight is 1100 g/mol. The highest BCUT2D eigenvalue weighted by Gasteiger charge is 2.34. The summed E-state index contributed by atoms with van der Waals surface area (Å²) in [5.41, 5.74) is 15.5. The molecule has 0 aromatic heterocycles. The molecule has 0 spiro atoms. The number of hydrogen-bond donors (Lipinski definition) is 0. The summed E-state index contributed by atoms with van der Waals surface area (Å²) in [4.78, 5) is 4.32. The minimum absolute atomic E-state index is 0.211. The fourth-order valence-corrected chi connectivity index (χ4v) is 13.1. The molecule has 4 heteroatoms. The van der Waals surface area contributed by atoms with Gasteiger partial charge in [0.1, 0.15) is 11.6 Å². The first kappa shape index (κ1) is 55.7. The summed E-state index contributed by atoms with van der Waals surface area (Å²) < 4.78 is 36.6. The van der Waals surface area contributed by atoms with Gasteiger partial charge in [-0.3, -0.25) is 0 Å². The van der Waals surface area contributed by atoms with Crippen LogP contribution in [0.5, 0.6) is 0 Å². The number of hydrogen-bond acceptors (Lipinski definition) is 2. The molecule has 0 N–H and O–H groups in total. The normalized spacial score (nSPS) is 12.4. The molecule has 0 saturated carbocycles. The van der Waals surface area contributed by atoms with Crippen LogP contribution in [-0.4, -0.2) is 0 Å². The van der Waals surface area contributed by atoms with Crippen LogP contribution in [0.4, 0.5) is 42.9 Å². The third-order valence-corrected chi connectivity index (χ3v) is 16.9. The van der Waals surface area contributed by atoms with Gasteiger partial charge in [-0.1, -0.05) is 265 Å². The zero-order valence-electron chi connectivity index (χ0n) is 50.6. The minimum Gasteiger partial charge on any atom is -0.307 e. The van der Waals surface area contributed by atoms with Gasteiger partial charge in [0.25, 0.3) is 0 Å². The van der Waals surface area contributed by atoms with E-state index in [2.05, 4.69) is 263 Å². The van der Waals surface area contributed by atoms with Crippen LogP contribution < -0.4 is 9.80 Å². The molecule has 0 heterocycles. The molecule has 0 atom stereocenters. The van der Waals surface area contributed by atoms with E-state index in [1.54, 1.807) is 12.1 Å². The van der Waals surface area contributed by atoms with Crippen molar-refractivity contribution in [2.75, 3.05) is 9.80 Å². The van der Waals surface area contributed by atoms with Crippen LogP contribution >= 0.6 is 0 Å². The van der Waals surface area contributed by atoms with Crippen LogP contribution in [0.15, 0.2) is 231 Å². The monoisotopic (exact) mass is 1100 g/mol. The molecule has 84 heavy (non-hydrogen) atoms. The Hall–Kier alpha value is -8.86. The van der Waals surface area contributed by atoms with Crippen molar-refractivity contribution in [3.8, 4) is 44.5 Å². The molecule has 0 bridgehead atoms. The summed E-state index contributed by atoms with van der Waals surface area (Å²) in [6.07, 6.45) is 0. The van der Waals surface area contributed by atoms with E-state index in [9.17, 15) is 0 Å². The third-order valence-electron chi connectivity index (χ3n) is 16.9. The molecule has 0 aliphatic heterocycles. The molecule has 0 radical (unpaired) electrons. The van der Waals surface area contributed by atoms with Gasteiger partial charge < -0.3 is 9.80 Å². The Morgan fingerprint density at radius 3 is 0.881 bits per heavy atom. The Balaban J connectivity index is 1.18. The van der Waals surface area contributed by atoms with Crippen LogP contribution in [0.2, 0.25) is 0 Å². The van der Waals surface area contributed by atoms with Gasteiger partial charge in [0.15, 0.2) is 0 Å². The van der Waals surface area contributed by atoms with Crippen LogP contribution in [0.1, 0.15) is 105 Å². The Labute approximate surface area is 496 Å². The van der Waals surface area contributed by atoms with Gasteiger partial charge >= 0.3 is 0 Å². The van der Waals surface area contributed by atoms with Crippen molar-refractivity contribution < 1.29 is 8.78 Å². The minimum atomic E-state index is -0.334. The van der Waals surface area contributed by atoms with Gasteiger partial charge in [-0.25, -0.2) is 8.78 Å². The maximum atomic E-state index is 18.3. The number of nitrogens with zero attached hydrogens (tertiary/aromatic N) is 2. The van der Waals surface area contributed by atoms with Gasteiger partial charge in [0.05, 0.1) is 22.7 Å². The highest BCUT2D eigenvalue weighted by atomic mass is 19.1. The number of anilines is 6. The highest BCUT2D eigenvalue weighted by Crippen LogP contribution is 2.55. The topological polar surface area (TPSA) is 6.48 Å². The molecule has 0 aliphatic carbocycles. The summed E-state index contributed by atoms with van der Waals surface area (Å²) in [6.45, 7) is 26.9. The van der Waals surface area contributed by atoms with E-state index < -0.39 is 0 Å². The zero-order valence-corrected chi connectivity index (χ0v) is 50.6. The van der Waals surface area contributed by atoms with E-state index in [1.165, 1.54) is 11.1 Å². The molecule has 0 fully saturated rings. The van der Waals surface area contributed by atoms with E-state index in [4.69, 9.17) is 0 Å². The molecule has 12 rings (SSSR count). The van der Waals surface area contributed by atoms with Gasteiger partial charge in [0.2, 0.25) is 0 Å². The zero-order chi connectivity index (χ0) is 59.0. The SMILES string of the molecule is CC(C)(C)c1ccccc1-c1ccc(F)c(N(c2ccccc2)c2ccc3ccc4c(N(c5ccccc5)c5c(F)ccc(-c6ccccc6C(C)(C)C)c5-c5ccccc5C(C)(C)C)ccc5ccc2c3c54)c1-c1ccccc1C(C)(C)C. The van der Waals surface area contributed by atoms with Gasteiger partial charge in [0, 0.05) is 33.3 Å². The second kappa shape index (κ2) is 21.1. The van der Waals surface area contributed by atoms with E-state index in [-0.39, 0.29) is 33.3 Å². The van der Waals surface area contributed by atoms with Crippen molar-refractivity contribution in [2.45, 2.75) is 105 Å². The van der Waals surface area contributed by atoms with Gasteiger partial charge in [-0.15, -0.1) is 0 Å². The first-order chi connectivity index (χ1) is 40.1. The van der Waals surface area contributed by atoms with E-state index in [1.807, 2.05) is 48.5 Å². The van der Waals surface area contributed by atoms with E-state index in [0.29, 0.717) is 11.4 Å². The van der Waals surface area contributed by atoms with Crippen molar-refractivity contribution in [2.24, 2.45) is 0 Å². The number of rotatable bonds is 10. The fourth-order valence-electron chi connectivity index (χ4n) is 13.1. The molecule has 418 valence electrons. The quantitative estimate of drug-likeness (QED) is 0.126. The molecular formula is C80H74F2N2. The van der Waals surface area contributed by atoms with Crippen LogP contribution in [-0.2, 0) is 21.7 Å². The summed E-state index contributed by atoms with van der Waals surface area (Å²) in [7, 11) is 0. The summed E-state index contributed by atoms with van der Waals surface area (Å²) in [5, 5.41) is 6.08. The Kier molecular flexibility index (Phi) is 14.0. The lowest BCUT2D eigenvalue weighted by Gasteiger charge is -2.34. The number of para-hydroxylation sites is 2. The second-order valence-corrected chi connectivity index (χ2v) is 26.8. The summed E-state index contributed by atoms with van der Waals surface area (Å²) in [6, 6.07) is 79.6. The molecule has 0 amide bonds. The molecule has 2 nitrogen and oxygen atoms in total. The number of halogens is 2. The van der Waals surface area contributed by atoms with Crippen LogP contribution in [0.3, 0.4) is 0 Å². The standard InChI is InChI=1S/C80H74F2N2/c1-77(2,3)63-35-23-19-31-55(63)57-45-47-67(81)75(73(57)59-33-21-25-37-65(59)79(7,8)9)83(53-27-15-13-16-28-53)69-49-41-51-40-44-62-70(50-42-52-39-43-61(69)71(51)72(52)62)84(54-29-17-14-18-30-54)76-68(82)48-46-58(56-32-20-24-36-64(56)78(4,5)6)74(76)60-34-22-26-38-66(60)80(10,11)12/h13-50H,1-12H3. The predicted molar refractivity (Wildman–Crippen MR) is 356 cm³/mol. The Bertz CT molecular complexity index is 4150. The summed E-state index contributed by atoms with van der Waals surface area (Å²) in [5.74, 6) is -0.668. The lowest BCUT2D eigenvalue weighted by molar-refractivity contribution is 0.590.